The number of aromatic hydroxyl groups is 1. The van der Waals surface area contributed by atoms with Crippen molar-refractivity contribution >= 4 is 11.0 Å². The lowest BCUT2D eigenvalue weighted by Gasteiger charge is -2.18. The number of fused-ring (bicyclic) bond motifs is 1. The van der Waals surface area contributed by atoms with E-state index in [1.807, 2.05) is 51.3 Å². The van der Waals surface area contributed by atoms with Crippen LogP contribution in [0, 0.1) is 0 Å². The molecular weight excluding hydrogens is 484 g/mol. The Labute approximate surface area is 225 Å². The number of hydrogen-bond acceptors (Lipinski definition) is 8. The summed E-state index contributed by atoms with van der Waals surface area (Å²) in [6.07, 6.45) is 4.58. The predicted octanol–water partition coefficient (Wildman–Crippen LogP) is 5.18. The van der Waals surface area contributed by atoms with Gasteiger partial charge in [0.05, 0.1) is 12.7 Å². The molecule has 1 heterocycles. The number of hydrogen-bond donors (Lipinski definition) is 1. The Bertz CT molecular complexity index is 1250. The number of rotatable bonds is 15. The quantitative estimate of drug-likeness (QED) is 0.271. The number of benzene rings is 2. The van der Waals surface area contributed by atoms with E-state index in [4.69, 9.17) is 18.6 Å². The van der Waals surface area contributed by atoms with Crippen molar-refractivity contribution in [3.63, 3.8) is 0 Å². The summed E-state index contributed by atoms with van der Waals surface area (Å²) in [5.41, 5.74) is 1.25. The Morgan fingerprint density at radius 3 is 2.26 bits per heavy atom. The van der Waals surface area contributed by atoms with Gasteiger partial charge in [-0.3, -0.25) is 4.79 Å². The molecule has 0 spiro atoms. The Hall–Kier alpha value is -3.23. The monoisotopic (exact) mass is 526 g/mol. The van der Waals surface area contributed by atoms with Gasteiger partial charge in [-0.25, -0.2) is 0 Å². The second-order valence-corrected chi connectivity index (χ2v) is 10.0. The molecule has 3 rings (SSSR count). The van der Waals surface area contributed by atoms with Gasteiger partial charge in [-0.2, -0.15) is 0 Å². The standard InChI is InChI=1S/C30H42N2O6/c1-7-8-9-10-11-24-29(34)28-25(33)18-22(35-6)20-27(28)38-30(24)23-13-12-21(36-16-14-31(2)3)19-26(23)37-17-15-32(4)5/h12-13,18-20,33H,7-11,14-17H2,1-6H3. The van der Waals surface area contributed by atoms with Gasteiger partial charge in [0.2, 0.25) is 0 Å². The number of ether oxygens (including phenoxy) is 3. The van der Waals surface area contributed by atoms with Crippen molar-refractivity contribution < 1.29 is 23.7 Å². The molecule has 0 saturated heterocycles. The van der Waals surface area contributed by atoms with Crippen molar-refractivity contribution in [1.29, 1.82) is 0 Å². The van der Waals surface area contributed by atoms with Crippen LogP contribution in [0.2, 0.25) is 0 Å². The van der Waals surface area contributed by atoms with E-state index in [1.165, 1.54) is 13.2 Å². The SMILES string of the molecule is CCCCCCc1c(-c2ccc(OCCN(C)C)cc2OCCN(C)C)oc2cc(OC)cc(O)c2c1=O. The van der Waals surface area contributed by atoms with Crippen LogP contribution < -0.4 is 19.6 Å². The van der Waals surface area contributed by atoms with Crippen molar-refractivity contribution in [1.82, 2.24) is 9.80 Å². The molecule has 3 aromatic rings. The van der Waals surface area contributed by atoms with Gasteiger partial charge in [0.1, 0.15) is 52.9 Å². The summed E-state index contributed by atoms with van der Waals surface area (Å²) in [4.78, 5) is 17.9. The molecule has 38 heavy (non-hydrogen) atoms. The third kappa shape index (κ3) is 7.65. The summed E-state index contributed by atoms with van der Waals surface area (Å²) in [5.74, 6) is 1.97. The average Bonchev–Trinajstić information content (AvgIpc) is 2.87. The van der Waals surface area contributed by atoms with Crippen LogP contribution in [0.15, 0.2) is 39.5 Å². The molecule has 0 amide bonds. The van der Waals surface area contributed by atoms with E-state index < -0.39 is 0 Å². The van der Waals surface area contributed by atoms with Crippen molar-refractivity contribution in [3.05, 3.63) is 46.1 Å². The maximum Gasteiger partial charge on any atom is 0.200 e. The van der Waals surface area contributed by atoms with Crippen LogP contribution in [0.25, 0.3) is 22.3 Å². The normalized spacial score (nSPS) is 11.5. The average molecular weight is 527 g/mol. The molecule has 8 heteroatoms. The first-order valence-electron chi connectivity index (χ1n) is 13.3. The van der Waals surface area contributed by atoms with Crippen LogP contribution in [0.3, 0.4) is 0 Å². The lowest BCUT2D eigenvalue weighted by Crippen LogP contribution is -2.20. The van der Waals surface area contributed by atoms with E-state index >= 15 is 0 Å². The first-order valence-corrected chi connectivity index (χ1v) is 13.3. The summed E-state index contributed by atoms with van der Waals surface area (Å²) in [6, 6.07) is 8.68. The molecule has 0 fully saturated rings. The Balaban J connectivity index is 2.14. The van der Waals surface area contributed by atoms with Crippen LogP contribution in [-0.2, 0) is 6.42 Å². The highest BCUT2D eigenvalue weighted by molar-refractivity contribution is 5.88. The van der Waals surface area contributed by atoms with Gasteiger partial charge in [-0.05, 0) is 53.2 Å². The van der Waals surface area contributed by atoms with Crippen molar-refractivity contribution in [3.8, 4) is 34.3 Å². The maximum atomic E-state index is 13.8. The summed E-state index contributed by atoms with van der Waals surface area (Å²) < 4.78 is 23.9. The first-order chi connectivity index (χ1) is 18.2. The van der Waals surface area contributed by atoms with E-state index in [0.717, 1.165) is 38.8 Å². The van der Waals surface area contributed by atoms with Gasteiger partial charge >= 0.3 is 0 Å². The summed E-state index contributed by atoms with van der Waals surface area (Å²) in [7, 11) is 9.48. The molecule has 0 atom stereocenters. The van der Waals surface area contributed by atoms with Gasteiger partial charge < -0.3 is 33.5 Å². The van der Waals surface area contributed by atoms with Gasteiger partial charge in [0.25, 0.3) is 0 Å². The van der Waals surface area contributed by atoms with Gasteiger partial charge in [-0.15, -0.1) is 0 Å². The zero-order valence-corrected chi connectivity index (χ0v) is 23.6. The third-order valence-corrected chi connectivity index (χ3v) is 6.36. The van der Waals surface area contributed by atoms with Crippen molar-refractivity contribution in [2.45, 2.75) is 39.0 Å². The molecule has 0 saturated carbocycles. The molecule has 0 aliphatic heterocycles. The Morgan fingerprint density at radius 2 is 1.61 bits per heavy atom. The molecule has 8 nitrogen and oxygen atoms in total. The molecule has 208 valence electrons. The fourth-order valence-electron chi connectivity index (χ4n) is 4.19. The number of methoxy groups -OCH3 is 1. The minimum Gasteiger partial charge on any atom is -0.507 e. The predicted molar refractivity (Wildman–Crippen MR) is 152 cm³/mol. The smallest absolute Gasteiger partial charge is 0.200 e. The van der Waals surface area contributed by atoms with E-state index in [2.05, 4.69) is 11.8 Å². The van der Waals surface area contributed by atoms with Crippen molar-refractivity contribution in [2.24, 2.45) is 0 Å². The third-order valence-electron chi connectivity index (χ3n) is 6.36. The molecule has 0 aliphatic carbocycles. The van der Waals surface area contributed by atoms with Crippen molar-refractivity contribution in [2.75, 3.05) is 61.6 Å². The molecule has 0 unspecified atom stereocenters. The highest BCUT2D eigenvalue weighted by Gasteiger charge is 2.22. The van der Waals surface area contributed by atoms with Crippen LogP contribution in [0.1, 0.15) is 38.2 Å². The molecule has 1 N–H and O–H groups in total. The molecule has 1 aromatic heterocycles. The highest BCUT2D eigenvalue weighted by Crippen LogP contribution is 2.38. The Kier molecular flexibility index (Phi) is 10.9. The second kappa shape index (κ2) is 14.1. The number of unbranched alkanes of at least 4 members (excludes halogenated alkanes) is 3. The lowest BCUT2D eigenvalue weighted by atomic mass is 9.98. The number of phenols is 1. The van der Waals surface area contributed by atoms with Crippen LogP contribution in [0.5, 0.6) is 23.0 Å². The lowest BCUT2D eigenvalue weighted by molar-refractivity contribution is 0.251. The summed E-state index contributed by atoms with van der Waals surface area (Å²) in [5, 5.41) is 10.8. The minimum atomic E-state index is -0.233. The second-order valence-electron chi connectivity index (χ2n) is 10.0. The van der Waals surface area contributed by atoms with E-state index in [9.17, 15) is 9.90 Å². The zero-order valence-electron chi connectivity index (χ0n) is 23.6. The number of phenolic OH excluding ortho intramolecular Hbond substituents is 1. The minimum absolute atomic E-state index is 0.151. The topological polar surface area (TPSA) is 84.6 Å². The van der Waals surface area contributed by atoms with Gasteiger partial charge in [0, 0.05) is 36.9 Å². The molecular formula is C30H42N2O6. The van der Waals surface area contributed by atoms with Crippen LogP contribution in [-0.4, -0.2) is 76.5 Å². The first kappa shape index (κ1) is 29.3. The fourth-order valence-corrected chi connectivity index (χ4v) is 4.19. The van der Waals surface area contributed by atoms with Crippen LogP contribution >= 0.6 is 0 Å². The fraction of sp³-hybridized carbons (Fsp3) is 0.500. The van der Waals surface area contributed by atoms with Gasteiger partial charge in [0.15, 0.2) is 5.43 Å². The summed E-state index contributed by atoms with van der Waals surface area (Å²) in [6.45, 7) is 4.66. The van der Waals surface area contributed by atoms with E-state index in [1.54, 1.807) is 6.07 Å². The molecule has 0 radical (unpaired) electrons. The number of nitrogens with zero attached hydrogens (tertiary/aromatic N) is 2. The highest BCUT2D eigenvalue weighted by atomic mass is 16.5. The summed E-state index contributed by atoms with van der Waals surface area (Å²) >= 11 is 0. The maximum absolute atomic E-state index is 13.8. The van der Waals surface area contributed by atoms with E-state index in [0.29, 0.717) is 53.8 Å². The largest absolute Gasteiger partial charge is 0.507 e. The van der Waals surface area contributed by atoms with E-state index in [-0.39, 0.29) is 22.1 Å². The molecule has 0 aliphatic rings. The van der Waals surface area contributed by atoms with Gasteiger partial charge in [-0.1, -0.05) is 26.2 Å². The Morgan fingerprint density at radius 1 is 0.895 bits per heavy atom. The number of likely N-dealkylation sites (N-methyl/N-ethyl adjacent to an activating group) is 2. The zero-order chi connectivity index (χ0) is 27.7. The molecule has 0 bridgehead atoms. The molecule has 2 aromatic carbocycles. The van der Waals surface area contributed by atoms with Crippen LogP contribution in [0.4, 0.5) is 0 Å².